The summed E-state index contributed by atoms with van der Waals surface area (Å²) in [7, 11) is 1.86. The van der Waals surface area contributed by atoms with Crippen molar-refractivity contribution in [2.24, 2.45) is 7.05 Å². The van der Waals surface area contributed by atoms with Gasteiger partial charge in [-0.1, -0.05) is 0 Å². The van der Waals surface area contributed by atoms with E-state index >= 15 is 0 Å². The Balaban J connectivity index is 3.04. The standard InChI is InChI=1S/C6H6N4S/c1-10-5-4(9-6(10)11)7-2-3-8-5/h2-3H,1H3,(H,7,9,11). The molecule has 0 aliphatic rings. The molecule has 2 heterocycles. The molecular weight excluding hydrogens is 160 g/mol. The number of aromatic amines is 1. The van der Waals surface area contributed by atoms with Crippen molar-refractivity contribution in [1.29, 1.82) is 0 Å². The van der Waals surface area contributed by atoms with Crippen molar-refractivity contribution in [2.75, 3.05) is 0 Å². The molecule has 1 N–H and O–H groups in total. The topological polar surface area (TPSA) is 46.5 Å². The normalized spacial score (nSPS) is 10.6. The average molecular weight is 166 g/mol. The highest BCUT2D eigenvalue weighted by Gasteiger charge is 1.99. The van der Waals surface area contributed by atoms with Gasteiger partial charge in [-0.2, -0.15) is 0 Å². The molecular formula is C6H6N4S. The van der Waals surface area contributed by atoms with Gasteiger partial charge in [0.2, 0.25) is 0 Å². The van der Waals surface area contributed by atoms with E-state index in [4.69, 9.17) is 12.2 Å². The number of rotatable bonds is 0. The zero-order valence-electron chi connectivity index (χ0n) is 5.90. The van der Waals surface area contributed by atoms with E-state index < -0.39 is 0 Å². The van der Waals surface area contributed by atoms with E-state index in [9.17, 15) is 0 Å². The monoisotopic (exact) mass is 166 g/mol. The number of imidazole rings is 1. The van der Waals surface area contributed by atoms with Crippen molar-refractivity contribution < 1.29 is 0 Å². The lowest BCUT2D eigenvalue weighted by molar-refractivity contribution is 0.911. The van der Waals surface area contributed by atoms with Crippen molar-refractivity contribution in [3.8, 4) is 0 Å². The lowest BCUT2D eigenvalue weighted by Gasteiger charge is -1.88. The minimum Gasteiger partial charge on any atom is -0.314 e. The molecule has 0 unspecified atom stereocenters. The molecule has 0 aliphatic carbocycles. The largest absolute Gasteiger partial charge is 0.314 e. The first kappa shape index (κ1) is 6.48. The molecule has 0 spiro atoms. The fraction of sp³-hybridized carbons (Fsp3) is 0.167. The van der Waals surface area contributed by atoms with Crippen LogP contribution in [-0.4, -0.2) is 19.5 Å². The summed E-state index contributed by atoms with van der Waals surface area (Å²) in [6.07, 6.45) is 3.28. The van der Waals surface area contributed by atoms with E-state index in [1.807, 2.05) is 7.05 Å². The lowest BCUT2D eigenvalue weighted by atomic mass is 10.7. The van der Waals surface area contributed by atoms with Crippen LogP contribution in [0.15, 0.2) is 12.4 Å². The van der Waals surface area contributed by atoms with E-state index in [1.165, 1.54) is 0 Å². The molecule has 2 rings (SSSR count). The molecule has 2 aromatic heterocycles. The number of hydrogen-bond acceptors (Lipinski definition) is 3. The number of fused-ring (bicyclic) bond motifs is 1. The lowest BCUT2D eigenvalue weighted by Crippen LogP contribution is -1.88. The smallest absolute Gasteiger partial charge is 0.180 e. The Morgan fingerprint density at radius 1 is 1.45 bits per heavy atom. The van der Waals surface area contributed by atoms with Gasteiger partial charge >= 0.3 is 0 Å². The van der Waals surface area contributed by atoms with Gasteiger partial charge in [0.05, 0.1) is 0 Å². The number of aromatic nitrogens is 4. The first-order chi connectivity index (χ1) is 5.29. The Kier molecular flexibility index (Phi) is 1.25. The maximum Gasteiger partial charge on any atom is 0.180 e. The Labute approximate surface area is 67.9 Å². The van der Waals surface area contributed by atoms with Crippen LogP contribution in [0, 0.1) is 4.77 Å². The second-order valence-electron chi connectivity index (χ2n) is 2.22. The molecule has 0 saturated heterocycles. The van der Waals surface area contributed by atoms with Gasteiger partial charge in [-0.25, -0.2) is 9.97 Å². The van der Waals surface area contributed by atoms with Crippen LogP contribution < -0.4 is 0 Å². The van der Waals surface area contributed by atoms with Crippen LogP contribution in [0.1, 0.15) is 0 Å². The van der Waals surface area contributed by atoms with Crippen molar-refractivity contribution in [3.63, 3.8) is 0 Å². The third-order valence-electron chi connectivity index (χ3n) is 1.53. The Bertz CT molecular complexity index is 441. The Morgan fingerprint density at radius 2 is 2.18 bits per heavy atom. The summed E-state index contributed by atoms with van der Waals surface area (Å²) in [5.41, 5.74) is 1.53. The second kappa shape index (κ2) is 2.13. The number of nitrogens with one attached hydrogen (secondary N) is 1. The highest BCUT2D eigenvalue weighted by Crippen LogP contribution is 2.04. The van der Waals surface area contributed by atoms with Gasteiger partial charge in [0.15, 0.2) is 16.1 Å². The zero-order valence-corrected chi connectivity index (χ0v) is 6.72. The van der Waals surface area contributed by atoms with E-state index in [0.29, 0.717) is 4.77 Å². The number of nitrogens with zero attached hydrogens (tertiary/aromatic N) is 3. The molecule has 0 aromatic carbocycles. The SMILES string of the molecule is Cn1c(=S)[nH]c2nccnc21. The second-order valence-corrected chi connectivity index (χ2v) is 2.60. The highest BCUT2D eigenvalue weighted by atomic mass is 32.1. The van der Waals surface area contributed by atoms with Crippen LogP contribution in [0.2, 0.25) is 0 Å². The summed E-state index contributed by atoms with van der Waals surface area (Å²) in [6, 6.07) is 0. The summed E-state index contributed by atoms with van der Waals surface area (Å²) in [6.45, 7) is 0. The highest BCUT2D eigenvalue weighted by molar-refractivity contribution is 7.71. The van der Waals surface area contributed by atoms with Gasteiger partial charge in [0.1, 0.15) is 0 Å². The van der Waals surface area contributed by atoms with Crippen LogP contribution in [-0.2, 0) is 7.05 Å². The quantitative estimate of drug-likeness (QED) is 0.594. The summed E-state index contributed by atoms with van der Waals surface area (Å²) >= 11 is 4.98. The van der Waals surface area contributed by atoms with Crippen LogP contribution >= 0.6 is 12.2 Å². The predicted octanol–water partition coefficient (Wildman–Crippen LogP) is 1.03. The zero-order chi connectivity index (χ0) is 7.84. The van der Waals surface area contributed by atoms with Crippen molar-refractivity contribution in [3.05, 3.63) is 17.2 Å². The molecule has 11 heavy (non-hydrogen) atoms. The van der Waals surface area contributed by atoms with Crippen molar-refractivity contribution in [1.82, 2.24) is 19.5 Å². The summed E-state index contributed by atoms with van der Waals surface area (Å²) in [5, 5.41) is 0. The summed E-state index contributed by atoms with van der Waals surface area (Å²) < 4.78 is 2.43. The van der Waals surface area contributed by atoms with Crippen molar-refractivity contribution in [2.45, 2.75) is 0 Å². The van der Waals surface area contributed by atoms with E-state index in [1.54, 1.807) is 17.0 Å². The van der Waals surface area contributed by atoms with Gasteiger partial charge < -0.3 is 9.55 Å². The molecule has 2 aromatic rings. The number of H-pyrrole nitrogens is 1. The fourth-order valence-electron chi connectivity index (χ4n) is 0.946. The maximum absolute atomic E-state index is 4.98. The van der Waals surface area contributed by atoms with Crippen LogP contribution in [0.5, 0.6) is 0 Å². The average Bonchev–Trinajstić information content (AvgIpc) is 2.30. The van der Waals surface area contributed by atoms with Gasteiger partial charge in [-0.3, -0.25) is 0 Å². The van der Waals surface area contributed by atoms with E-state index in [-0.39, 0.29) is 0 Å². The van der Waals surface area contributed by atoms with Crippen LogP contribution in [0.25, 0.3) is 11.3 Å². The summed E-state index contributed by atoms with van der Waals surface area (Å²) in [4.78, 5) is 11.1. The van der Waals surface area contributed by atoms with Gasteiger partial charge in [-0.15, -0.1) is 0 Å². The molecule has 0 saturated carbocycles. The third kappa shape index (κ3) is 0.848. The van der Waals surface area contributed by atoms with E-state index in [2.05, 4.69) is 15.0 Å². The first-order valence-electron chi connectivity index (χ1n) is 3.15. The summed E-state index contributed by atoms with van der Waals surface area (Å²) in [5.74, 6) is 0. The fourth-order valence-corrected chi connectivity index (χ4v) is 1.13. The molecule has 0 aliphatic heterocycles. The third-order valence-corrected chi connectivity index (χ3v) is 1.90. The number of hydrogen-bond donors (Lipinski definition) is 1. The maximum atomic E-state index is 4.98. The minimum absolute atomic E-state index is 0.645. The Hall–Kier alpha value is -1.23. The molecule has 0 bridgehead atoms. The Morgan fingerprint density at radius 3 is 2.91 bits per heavy atom. The molecule has 4 nitrogen and oxygen atoms in total. The predicted molar refractivity (Wildman–Crippen MR) is 43.7 cm³/mol. The first-order valence-corrected chi connectivity index (χ1v) is 3.55. The molecule has 0 fully saturated rings. The van der Waals surface area contributed by atoms with Crippen LogP contribution in [0.4, 0.5) is 0 Å². The van der Waals surface area contributed by atoms with Gasteiger partial charge in [0, 0.05) is 19.4 Å². The molecule has 56 valence electrons. The van der Waals surface area contributed by atoms with Crippen molar-refractivity contribution >= 4 is 23.5 Å². The molecule has 0 atom stereocenters. The molecule has 5 heteroatoms. The van der Waals surface area contributed by atoms with Gasteiger partial charge in [0.25, 0.3) is 0 Å². The van der Waals surface area contributed by atoms with Crippen LogP contribution in [0.3, 0.4) is 0 Å². The van der Waals surface area contributed by atoms with Gasteiger partial charge in [-0.05, 0) is 12.2 Å². The minimum atomic E-state index is 0.645. The van der Waals surface area contributed by atoms with E-state index in [0.717, 1.165) is 11.3 Å². The number of aryl methyl sites for hydroxylation is 1. The molecule has 0 amide bonds. The molecule has 0 radical (unpaired) electrons.